The van der Waals surface area contributed by atoms with E-state index < -0.39 is 12.1 Å². The predicted octanol–water partition coefficient (Wildman–Crippen LogP) is 16.3. The molecule has 0 spiro atoms. The van der Waals surface area contributed by atoms with Gasteiger partial charge in [0, 0.05) is 12.8 Å². The molecular formula is C55H105NO5. The molecule has 6 nitrogen and oxygen atoms in total. The summed E-state index contributed by atoms with van der Waals surface area (Å²) < 4.78 is 5.45. The van der Waals surface area contributed by atoms with E-state index in [1.165, 1.54) is 173 Å². The number of carbonyl (C=O) groups is 2. The molecule has 61 heavy (non-hydrogen) atoms. The second-order valence-corrected chi connectivity index (χ2v) is 18.6. The van der Waals surface area contributed by atoms with Gasteiger partial charge in [-0.25, -0.2) is 0 Å². The lowest BCUT2D eigenvalue weighted by atomic mass is 10.0. The molecule has 360 valence electrons. The molecule has 0 bridgehead atoms. The lowest BCUT2D eigenvalue weighted by Crippen LogP contribution is -2.45. The van der Waals surface area contributed by atoms with Crippen LogP contribution in [0.5, 0.6) is 0 Å². The van der Waals surface area contributed by atoms with Crippen LogP contribution >= 0.6 is 0 Å². The van der Waals surface area contributed by atoms with E-state index in [-0.39, 0.29) is 18.5 Å². The molecule has 0 saturated heterocycles. The highest BCUT2D eigenvalue weighted by atomic mass is 16.5. The fourth-order valence-electron chi connectivity index (χ4n) is 8.28. The van der Waals surface area contributed by atoms with Gasteiger partial charge in [0.2, 0.25) is 5.91 Å². The van der Waals surface area contributed by atoms with Gasteiger partial charge in [0.05, 0.1) is 25.4 Å². The van der Waals surface area contributed by atoms with Gasteiger partial charge < -0.3 is 20.3 Å². The number of carbonyl (C=O) groups excluding carboxylic acids is 2. The Labute approximate surface area is 380 Å². The summed E-state index contributed by atoms with van der Waals surface area (Å²) in [4.78, 5) is 24.5. The predicted molar refractivity (Wildman–Crippen MR) is 264 cm³/mol. The summed E-state index contributed by atoms with van der Waals surface area (Å²) in [5, 5.41) is 23.2. The quantitative estimate of drug-likeness (QED) is 0.0322. The van der Waals surface area contributed by atoms with E-state index in [2.05, 4.69) is 43.5 Å². The molecule has 0 aliphatic rings. The summed E-state index contributed by atoms with van der Waals surface area (Å²) in [5.41, 5.74) is 0. The van der Waals surface area contributed by atoms with Crippen molar-refractivity contribution < 1.29 is 24.5 Å². The highest BCUT2D eigenvalue weighted by molar-refractivity contribution is 5.76. The molecule has 0 aromatic heterocycles. The van der Waals surface area contributed by atoms with Gasteiger partial charge in [0.25, 0.3) is 0 Å². The van der Waals surface area contributed by atoms with Gasteiger partial charge in [-0.15, -0.1) is 0 Å². The number of hydrogen-bond acceptors (Lipinski definition) is 5. The maximum absolute atomic E-state index is 12.4. The first-order chi connectivity index (χ1) is 30.0. The van der Waals surface area contributed by atoms with Crippen molar-refractivity contribution >= 4 is 11.9 Å². The summed E-state index contributed by atoms with van der Waals surface area (Å²) in [7, 11) is 0. The van der Waals surface area contributed by atoms with Gasteiger partial charge in [-0.1, -0.05) is 224 Å². The molecule has 0 radical (unpaired) electrons. The Morgan fingerprint density at radius 3 is 1.16 bits per heavy atom. The Morgan fingerprint density at radius 1 is 0.443 bits per heavy atom. The number of aliphatic hydroxyl groups excluding tert-OH is 2. The van der Waals surface area contributed by atoms with E-state index in [1.807, 2.05) is 0 Å². The van der Waals surface area contributed by atoms with Gasteiger partial charge in [-0.05, 0) is 77.0 Å². The monoisotopic (exact) mass is 860 g/mol. The SMILES string of the molecule is CCCCCCCC/C=C\CCCCCCCCCCCC(=O)OCCCC/C=C\CCCCCCCC(=O)NC(CO)C(O)CCCCCCCCCCCCCCCC. The molecule has 0 aromatic carbocycles. The van der Waals surface area contributed by atoms with Crippen LogP contribution in [0, 0.1) is 0 Å². The van der Waals surface area contributed by atoms with Crippen LogP contribution in [0.2, 0.25) is 0 Å². The topological polar surface area (TPSA) is 95.9 Å². The van der Waals surface area contributed by atoms with Crippen LogP contribution in [0.25, 0.3) is 0 Å². The van der Waals surface area contributed by atoms with Gasteiger partial charge >= 0.3 is 5.97 Å². The number of aliphatic hydroxyl groups is 2. The van der Waals surface area contributed by atoms with Crippen molar-refractivity contribution in [1.29, 1.82) is 0 Å². The summed E-state index contributed by atoms with van der Waals surface area (Å²) in [6, 6.07) is -0.562. The van der Waals surface area contributed by atoms with Crippen molar-refractivity contribution in [1.82, 2.24) is 5.32 Å². The lowest BCUT2D eigenvalue weighted by Gasteiger charge is -2.22. The first-order valence-electron chi connectivity index (χ1n) is 27.1. The van der Waals surface area contributed by atoms with Crippen LogP contribution in [-0.2, 0) is 14.3 Å². The molecule has 0 aliphatic carbocycles. The van der Waals surface area contributed by atoms with Crippen molar-refractivity contribution in [3.05, 3.63) is 24.3 Å². The third-order valence-corrected chi connectivity index (χ3v) is 12.5. The zero-order valence-corrected chi connectivity index (χ0v) is 40.9. The van der Waals surface area contributed by atoms with Crippen LogP contribution in [0.3, 0.4) is 0 Å². The summed E-state index contributed by atoms with van der Waals surface area (Å²) >= 11 is 0. The second kappa shape index (κ2) is 51.0. The smallest absolute Gasteiger partial charge is 0.305 e. The average Bonchev–Trinajstić information content (AvgIpc) is 3.26. The van der Waals surface area contributed by atoms with Crippen molar-refractivity contribution in [2.24, 2.45) is 0 Å². The number of ether oxygens (including phenoxy) is 1. The first kappa shape index (κ1) is 59.3. The largest absolute Gasteiger partial charge is 0.466 e. The summed E-state index contributed by atoms with van der Waals surface area (Å²) in [5.74, 6) is -0.0951. The van der Waals surface area contributed by atoms with Crippen molar-refractivity contribution in [2.45, 2.75) is 302 Å². The van der Waals surface area contributed by atoms with Crippen molar-refractivity contribution in [2.75, 3.05) is 13.2 Å². The maximum Gasteiger partial charge on any atom is 0.305 e. The minimum Gasteiger partial charge on any atom is -0.466 e. The molecule has 2 unspecified atom stereocenters. The molecule has 2 atom stereocenters. The molecular weight excluding hydrogens is 755 g/mol. The number of rotatable bonds is 50. The normalized spacial score (nSPS) is 12.8. The lowest BCUT2D eigenvalue weighted by molar-refractivity contribution is -0.143. The van der Waals surface area contributed by atoms with E-state index in [0.29, 0.717) is 25.9 Å². The standard InChI is InChI=1S/C55H105NO5/c1-3-5-7-9-11-13-15-17-19-20-21-22-23-25-29-33-37-41-45-49-55(60)61-50-46-42-38-34-30-26-28-32-36-40-44-48-54(59)56-52(51-57)53(58)47-43-39-35-31-27-24-18-16-14-12-10-8-6-4-2/h17,19,30,34,52-53,57-58H,3-16,18,20-29,31-33,35-51H2,1-2H3,(H,56,59)/b19-17-,34-30-. The number of amides is 1. The van der Waals surface area contributed by atoms with Crippen molar-refractivity contribution in [3.63, 3.8) is 0 Å². The van der Waals surface area contributed by atoms with Crippen LogP contribution in [0.4, 0.5) is 0 Å². The Balaban J connectivity index is 3.49. The van der Waals surface area contributed by atoms with Gasteiger partial charge in [-0.3, -0.25) is 9.59 Å². The number of allylic oxidation sites excluding steroid dienone is 4. The second-order valence-electron chi connectivity index (χ2n) is 18.6. The summed E-state index contributed by atoms with van der Waals surface area (Å²) in [6.07, 6.45) is 60.1. The minimum absolute atomic E-state index is 0.0316. The third kappa shape index (κ3) is 47.7. The van der Waals surface area contributed by atoms with Crippen molar-refractivity contribution in [3.8, 4) is 0 Å². The Morgan fingerprint density at radius 2 is 0.770 bits per heavy atom. The number of nitrogens with one attached hydrogen (secondary N) is 1. The van der Waals surface area contributed by atoms with E-state index in [1.54, 1.807) is 0 Å². The van der Waals surface area contributed by atoms with E-state index in [9.17, 15) is 19.8 Å². The molecule has 0 aliphatic heterocycles. The van der Waals surface area contributed by atoms with Gasteiger partial charge in [0.1, 0.15) is 0 Å². The Bertz CT molecular complexity index is 951. The highest BCUT2D eigenvalue weighted by Gasteiger charge is 2.20. The maximum atomic E-state index is 12.4. The first-order valence-corrected chi connectivity index (χ1v) is 27.1. The van der Waals surface area contributed by atoms with E-state index in [0.717, 1.165) is 83.5 Å². The van der Waals surface area contributed by atoms with E-state index in [4.69, 9.17) is 4.74 Å². The highest BCUT2D eigenvalue weighted by Crippen LogP contribution is 2.16. The number of esters is 1. The Hall–Kier alpha value is -1.66. The van der Waals surface area contributed by atoms with Gasteiger partial charge in [0.15, 0.2) is 0 Å². The fraction of sp³-hybridized carbons (Fsp3) is 0.891. The third-order valence-electron chi connectivity index (χ3n) is 12.5. The molecule has 0 fully saturated rings. The fourth-order valence-corrected chi connectivity index (χ4v) is 8.28. The van der Waals surface area contributed by atoms with Crippen LogP contribution in [0.15, 0.2) is 24.3 Å². The molecule has 0 aromatic rings. The zero-order chi connectivity index (χ0) is 44.4. The average molecular weight is 860 g/mol. The minimum atomic E-state index is -0.682. The van der Waals surface area contributed by atoms with Crippen LogP contribution < -0.4 is 5.32 Å². The molecule has 0 saturated carbocycles. The van der Waals surface area contributed by atoms with E-state index >= 15 is 0 Å². The Kier molecular flexibility index (Phi) is 49.6. The molecule has 6 heteroatoms. The van der Waals surface area contributed by atoms with Gasteiger partial charge in [-0.2, -0.15) is 0 Å². The molecule has 1 amide bonds. The van der Waals surface area contributed by atoms with Crippen LogP contribution in [-0.4, -0.2) is 47.4 Å². The zero-order valence-electron chi connectivity index (χ0n) is 40.9. The summed E-state index contributed by atoms with van der Waals surface area (Å²) in [6.45, 7) is 4.88. The number of hydrogen-bond donors (Lipinski definition) is 3. The molecule has 3 N–H and O–H groups in total. The molecule has 0 heterocycles. The molecule has 0 rings (SSSR count). The number of unbranched alkanes of at least 4 members (excludes halogenated alkanes) is 35. The van der Waals surface area contributed by atoms with Crippen LogP contribution in [0.1, 0.15) is 290 Å².